The summed E-state index contributed by atoms with van der Waals surface area (Å²) in [7, 11) is 0. The number of likely N-dealkylation sites (tertiary alicyclic amines) is 1. The molecule has 2 fully saturated rings. The van der Waals surface area contributed by atoms with Gasteiger partial charge < -0.3 is 14.6 Å². The number of hydrogen-bond donors (Lipinski definition) is 1. The van der Waals surface area contributed by atoms with E-state index in [1.807, 2.05) is 0 Å². The Morgan fingerprint density at radius 3 is 2.70 bits per heavy atom. The lowest BCUT2D eigenvalue weighted by Gasteiger charge is -2.30. The van der Waals surface area contributed by atoms with Gasteiger partial charge >= 0.3 is 5.69 Å². The molecule has 0 radical (unpaired) electrons. The minimum Gasteiger partial charge on any atom is -0.376 e. The fraction of sp³-hybridized carbons (Fsp3) is 0.688. The molecule has 1 N–H and O–H groups in total. The summed E-state index contributed by atoms with van der Waals surface area (Å²) < 4.78 is 6.58. The summed E-state index contributed by atoms with van der Waals surface area (Å²) in [5, 5.41) is 0. The Kier molecular flexibility index (Phi) is 4.66. The number of nitrogens with one attached hydrogen (secondary N) is 1. The molecule has 126 valence electrons. The van der Waals surface area contributed by atoms with Gasteiger partial charge in [0, 0.05) is 25.9 Å². The molecule has 3 rings (SSSR count). The van der Waals surface area contributed by atoms with Crippen LogP contribution in [-0.2, 0) is 11.3 Å². The fourth-order valence-electron chi connectivity index (χ4n) is 3.20. The minimum atomic E-state index is -0.520. The Balaban J connectivity index is 1.83. The van der Waals surface area contributed by atoms with Crippen molar-refractivity contribution < 1.29 is 9.53 Å². The van der Waals surface area contributed by atoms with E-state index in [-0.39, 0.29) is 24.1 Å². The third-order valence-electron chi connectivity index (χ3n) is 4.77. The molecule has 1 amide bonds. The highest BCUT2D eigenvalue weighted by atomic mass is 16.5. The number of hydrogen-bond acceptors (Lipinski definition) is 4. The van der Waals surface area contributed by atoms with Crippen LogP contribution in [0.1, 0.15) is 43.0 Å². The molecule has 2 saturated heterocycles. The predicted octanol–water partition coefficient (Wildman–Crippen LogP) is 0.588. The van der Waals surface area contributed by atoms with Gasteiger partial charge in [0.25, 0.3) is 11.5 Å². The molecule has 0 aromatic carbocycles. The van der Waals surface area contributed by atoms with Gasteiger partial charge in [-0.3, -0.25) is 14.2 Å². The monoisotopic (exact) mass is 321 g/mol. The van der Waals surface area contributed by atoms with Crippen LogP contribution in [0.25, 0.3) is 0 Å². The van der Waals surface area contributed by atoms with Gasteiger partial charge in [0.1, 0.15) is 5.56 Å². The second-order valence-electron chi connectivity index (χ2n) is 6.53. The van der Waals surface area contributed by atoms with Crippen molar-refractivity contribution >= 4 is 5.91 Å². The second-order valence-corrected chi connectivity index (χ2v) is 6.53. The number of aromatic amines is 1. The lowest BCUT2D eigenvalue weighted by atomic mass is 9.99. The van der Waals surface area contributed by atoms with Gasteiger partial charge in [-0.25, -0.2) is 4.79 Å². The van der Waals surface area contributed by atoms with Gasteiger partial charge in [-0.05, 0) is 31.6 Å². The summed E-state index contributed by atoms with van der Waals surface area (Å²) in [4.78, 5) is 41.3. The summed E-state index contributed by atoms with van der Waals surface area (Å²) in [6.07, 6.45) is 4.76. The first-order chi connectivity index (χ1) is 11.1. The van der Waals surface area contributed by atoms with Crippen LogP contribution in [0.15, 0.2) is 15.8 Å². The van der Waals surface area contributed by atoms with E-state index in [2.05, 4.69) is 11.9 Å². The molecular weight excluding hydrogens is 298 g/mol. The van der Waals surface area contributed by atoms with E-state index in [9.17, 15) is 14.4 Å². The summed E-state index contributed by atoms with van der Waals surface area (Å²) in [5.41, 5.74) is -0.973. The Morgan fingerprint density at radius 1 is 1.30 bits per heavy atom. The normalized spacial score (nSPS) is 22.5. The van der Waals surface area contributed by atoms with Crippen molar-refractivity contribution in [3.05, 3.63) is 32.6 Å². The Morgan fingerprint density at radius 2 is 2.04 bits per heavy atom. The molecule has 3 heterocycles. The molecule has 1 aromatic heterocycles. The Labute approximate surface area is 134 Å². The van der Waals surface area contributed by atoms with Crippen molar-refractivity contribution in [1.82, 2.24) is 14.5 Å². The molecule has 7 heteroatoms. The molecule has 0 aliphatic carbocycles. The average Bonchev–Trinajstić information content (AvgIpc) is 3.05. The van der Waals surface area contributed by atoms with E-state index in [4.69, 9.17) is 4.74 Å². The fourth-order valence-corrected chi connectivity index (χ4v) is 3.20. The van der Waals surface area contributed by atoms with Crippen LogP contribution >= 0.6 is 0 Å². The molecule has 1 unspecified atom stereocenters. The number of carbonyl (C=O) groups is 1. The summed E-state index contributed by atoms with van der Waals surface area (Å²) in [6.45, 7) is 4.33. The van der Waals surface area contributed by atoms with Crippen LogP contribution in [0.5, 0.6) is 0 Å². The molecule has 2 aliphatic heterocycles. The molecule has 0 bridgehead atoms. The number of nitrogens with zero attached hydrogens (tertiary/aromatic N) is 2. The lowest BCUT2D eigenvalue weighted by Crippen LogP contribution is -2.45. The molecule has 0 spiro atoms. The van der Waals surface area contributed by atoms with Crippen LogP contribution in [0, 0.1) is 5.92 Å². The van der Waals surface area contributed by atoms with Crippen LogP contribution in [-0.4, -0.2) is 46.2 Å². The van der Waals surface area contributed by atoms with E-state index in [1.165, 1.54) is 6.20 Å². The van der Waals surface area contributed by atoms with Crippen molar-refractivity contribution in [3.8, 4) is 0 Å². The smallest absolute Gasteiger partial charge is 0.328 e. The van der Waals surface area contributed by atoms with Gasteiger partial charge in [0.15, 0.2) is 0 Å². The number of carbonyl (C=O) groups excluding carboxylic acids is 1. The molecule has 7 nitrogen and oxygen atoms in total. The second kappa shape index (κ2) is 6.70. The van der Waals surface area contributed by atoms with Crippen LogP contribution in [0.2, 0.25) is 0 Å². The molecule has 23 heavy (non-hydrogen) atoms. The van der Waals surface area contributed by atoms with Crippen LogP contribution < -0.4 is 11.2 Å². The molecule has 1 atom stereocenters. The van der Waals surface area contributed by atoms with Crippen LogP contribution in [0.4, 0.5) is 0 Å². The Hall–Kier alpha value is -1.89. The molecule has 1 aromatic rings. The van der Waals surface area contributed by atoms with Gasteiger partial charge in [-0.1, -0.05) is 6.92 Å². The number of piperidine rings is 1. The van der Waals surface area contributed by atoms with E-state index >= 15 is 0 Å². The Bertz CT molecular complexity index is 679. The van der Waals surface area contributed by atoms with Crippen LogP contribution in [0.3, 0.4) is 0 Å². The molecule has 2 aliphatic rings. The highest BCUT2D eigenvalue weighted by Crippen LogP contribution is 2.17. The van der Waals surface area contributed by atoms with Crippen molar-refractivity contribution in [3.63, 3.8) is 0 Å². The maximum Gasteiger partial charge on any atom is 0.328 e. The summed E-state index contributed by atoms with van der Waals surface area (Å²) in [6, 6.07) is 0. The highest BCUT2D eigenvalue weighted by molar-refractivity contribution is 5.93. The maximum atomic E-state index is 12.6. The van der Waals surface area contributed by atoms with Gasteiger partial charge in [0.05, 0.1) is 12.6 Å². The van der Waals surface area contributed by atoms with E-state index in [1.54, 1.807) is 4.90 Å². The first-order valence-corrected chi connectivity index (χ1v) is 8.29. The van der Waals surface area contributed by atoms with Gasteiger partial charge in [-0.2, -0.15) is 0 Å². The third kappa shape index (κ3) is 3.39. The largest absolute Gasteiger partial charge is 0.376 e. The zero-order valence-electron chi connectivity index (χ0n) is 13.4. The number of aromatic nitrogens is 2. The van der Waals surface area contributed by atoms with Crippen molar-refractivity contribution in [1.29, 1.82) is 0 Å². The molecular formula is C16H23N3O4. The quantitative estimate of drug-likeness (QED) is 0.883. The van der Waals surface area contributed by atoms with Crippen molar-refractivity contribution in [2.75, 3.05) is 19.7 Å². The zero-order chi connectivity index (χ0) is 16.4. The first kappa shape index (κ1) is 16.0. The standard InChI is InChI=1S/C16H23N3O4/c1-11-4-6-18(7-5-11)14(20)13-9-17-16(22)19(15(13)21)10-12-3-2-8-23-12/h9,11-12H,2-8,10H2,1H3,(H,17,22). The van der Waals surface area contributed by atoms with Gasteiger partial charge in [0.2, 0.25) is 0 Å². The number of H-pyrrole nitrogens is 1. The first-order valence-electron chi connectivity index (χ1n) is 8.29. The summed E-state index contributed by atoms with van der Waals surface area (Å²) >= 11 is 0. The van der Waals surface area contributed by atoms with E-state index < -0.39 is 11.2 Å². The number of rotatable bonds is 3. The zero-order valence-corrected chi connectivity index (χ0v) is 13.4. The topological polar surface area (TPSA) is 84.4 Å². The minimum absolute atomic E-state index is 0.0390. The van der Waals surface area contributed by atoms with E-state index in [0.717, 1.165) is 30.3 Å². The number of amides is 1. The SMILES string of the molecule is CC1CCN(C(=O)c2c[nH]c(=O)n(CC3CCCO3)c2=O)CC1. The van der Waals surface area contributed by atoms with E-state index in [0.29, 0.717) is 25.6 Å². The maximum absolute atomic E-state index is 12.6. The van der Waals surface area contributed by atoms with Crippen molar-refractivity contribution in [2.24, 2.45) is 5.92 Å². The number of ether oxygens (including phenoxy) is 1. The van der Waals surface area contributed by atoms with Crippen molar-refractivity contribution in [2.45, 2.75) is 45.3 Å². The van der Waals surface area contributed by atoms with Gasteiger partial charge in [-0.15, -0.1) is 0 Å². The lowest BCUT2D eigenvalue weighted by molar-refractivity contribution is 0.0691. The predicted molar refractivity (Wildman–Crippen MR) is 84.6 cm³/mol. The average molecular weight is 321 g/mol. The molecule has 0 saturated carbocycles. The highest BCUT2D eigenvalue weighted by Gasteiger charge is 2.25. The summed E-state index contributed by atoms with van der Waals surface area (Å²) in [5.74, 6) is 0.310. The third-order valence-corrected chi connectivity index (χ3v) is 4.77.